The number of amides is 1. The SMILES string of the molecule is Cn1nccc1[C@@H]1CN(Cc2cccnc2)C[C@]12CCCN(CC1CC1)C2=O.O=C(O)C(F)(F)F. The van der Waals surface area contributed by atoms with Crippen molar-refractivity contribution in [3.63, 3.8) is 0 Å². The third-order valence-corrected chi connectivity index (χ3v) is 7.14. The van der Waals surface area contributed by atoms with Crippen molar-refractivity contribution < 1.29 is 27.9 Å². The normalized spacial score (nSPS) is 25.0. The van der Waals surface area contributed by atoms with Gasteiger partial charge in [-0.2, -0.15) is 18.3 Å². The van der Waals surface area contributed by atoms with Gasteiger partial charge in [0.15, 0.2) is 0 Å². The average molecular weight is 494 g/mol. The Morgan fingerprint density at radius 3 is 2.57 bits per heavy atom. The molecular weight excluding hydrogens is 463 g/mol. The van der Waals surface area contributed by atoms with Gasteiger partial charge in [-0.15, -0.1) is 0 Å². The third-order valence-electron chi connectivity index (χ3n) is 7.14. The summed E-state index contributed by atoms with van der Waals surface area (Å²) in [7, 11) is 2.00. The molecule has 2 aromatic rings. The quantitative estimate of drug-likeness (QED) is 0.689. The second-order valence-corrected chi connectivity index (χ2v) is 9.72. The molecule has 2 atom stereocenters. The zero-order chi connectivity index (χ0) is 25.2. The van der Waals surface area contributed by atoms with Crippen LogP contribution in [-0.2, 0) is 23.2 Å². The predicted molar refractivity (Wildman–Crippen MR) is 120 cm³/mol. The molecule has 190 valence electrons. The van der Waals surface area contributed by atoms with Crippen molar-refractivity contribution in [1.29, 1.82) is 0 Å². The van der Waals surface area contributed by atoms with E-state index >= 15 is 0 Å². The fourth-order valence-corrected chi connectivity index (χ4v) is 5.34. The summed E-state index contributed by atoms with van der Waals surface area (Å²) in [5, 5.41) is 11.5. The van der Waals surface area contributed by atoms with Gasteiger partial charge in [-0.25, -0.2) is 4.79 Å². The molecule has 1 saturated carbocycles. The number of aliphatic carboxylic acids is 1. The molecule has 1 spiro atoms. The van der Waals surface area contributed by atoms with E-state index in [4.69, 9.17) is 9.90 Å². The molecular formula is C24H30F3N5O3. The van der Waals surface area contributed by atoms with Crippen molar-refractivity contribution in [3.05, 3.63) is 48.0 Å². The number of carbonyl (C=O) groups excluding carboxylic acids is 1. The van der Waals surface area contributed by atoms with Gasteiger partial charge in [-0.05, 0) is 49.3 Å². The van der Waals surface area contributed by atoms with Gasteiger partial charge in [0.05, 0.1) is 5.41 Å². The predicted octanol–water partition coefficient (Wildman–Crippen LogP) is 3.07. The number of likely N-dealkylation sites (tertiary alicyclic amines) is 2. The summed E-state index contributed by atoms with van der Waals surface area (Å²) < 4.78 is 33.7. The summed E-state index contributed by atoms with van der Waals surface area (Å²) in [6.45, 7) is 4.47. The largest absolute Gasteiger partial charge is 0.490 e. The number of carbonyl (C=O) groups is 2. The van der Waals surface area contributed by atoms with Crippen LogP contribution in [0.1, 0.15) is 42.9 Å². The molecule has 1 amide bonds. The minimum Gasteiger partial charge on any atom is -0.475 e. The lowest BCUT2D eigenvalue weighted by Crippen LogP contribution is -2.52. The number of alkyl halides is 3. The van der Waals surface area contributed by atoms with Crippen LogP contribution in [-0.4, -0.2) is 73.9 Å². The third kappa shape index (κ3) is 5.66. The summed E-state index contributed by atoms with van der Waals surface area (Å²) >= 11 is 0. The number of piperidine rings is 1. The Morgan fingerprint density at radius 1 is 1.26 bits per heavy atom. The molecule has 4 heterocycles. The van der Waals surface area contributed by atoms with Crippen molar-refractivity contribution in [2.24, 2.45) is 18.4 Å². The zero-order valence-corrected chi connectivity index (χ0v) is 19.6. The lowest BCUT2D eigenvalue weighted by atomic mass is 9.70. The number of halogens is 3. The summed E-state index contributed by atoms with van der Waals surface area (Å²) in [4.78, 5) is 31.6. The summed E-state index contributed by atoms with van der Waals surface area (Å²) in [6, 6.07) is 6.22. The van der Waals surface area contributed by atoms with Gasteiger partial charge in [-0.1, -0.05) is 6.07 Å². The fraction of sp³-hybridized carbons (Fsp3) is 0.583. The van der Waals surface area contributed by atoms with Gasteiger partial charge in [-0.3, -0.25) is 19.4 Å². The molecule has 1 N–H and O–H groups in total. The zero-order valence-electron chi connectivity index (χ0n) is 19.6. The van der Waals surface area contributed by atoms with Gasteiger partial charge in [0.1, 0.15) is 0 Å². The van der Waals surface area contributed by atoms with Crippen molar-refractivity contribution in [2.45, 2.75) is 44.3 Å². The number of nitrogens with zero attached hydrogens (tertiary/aromatic N) is 5. The molecule has 5 rings (SSSR count). The number of pyridine rings is 1. The van der Waals surface area contributed by atoms with Crippen molar-refractivity contribution in [3.8, 4) is 0 Å². The Labute approximate surface area is 201 Å². The number of hydrogen-bond donors (Lipinski definition) is 1. The van der Waals surface area contributed by atoms with Crippen LogP contribution < -0.4 is 0 Å². The van der Waals surface area contributed by atoms with E-state index < -0.39 is 12.1 Å². The van der Waals surface area contributed by atoms with E-state index in [1.54, 1.807) is 0 Å². The minimum atomic E-state index is -5.08. The van der Waals surface area contributed by atoms with E-state index in [-0.39, 0.29) is 11.3 Å². The maximum Gasteiger partial charge on any atom is 0.490 e. The lowest BCUT2D eigenvalue weighted by molar-refractivity contribution is -0.192. The highest BCUT2D eigenvalue weighted by Gasteiger charge is 2.56. The molecule has 0 radical (unpaired) electrons. The topological polar surface area (TPSA) is 91.6 Å². The standard InChI is InChI=1S/C22H29N5O.C2HF3O2/c1-25-20(7-10-24-25)19-15-26(13-18-4-2-9-23-12-18)16-22(19)8-3-11-27(21(22)28)14-17-5-6-17;3-2(4,5)1(6)7/h2,4,7,9-10,12,17,19H,3,5-6,8,11,13-16H2,1H3;(H,6,7)/t19-,22+;/m0./s1. The Hall–Kier alpha value is -2.95. The van der Waals surface area contributed by atoms with Gasteiger partial charge < -0.3 is 10.0 Å². The summed E-state index contributed by atoms with van der Waals surface area (Å²) in [5.74, 6) is -1.44. The molecule has 11 heteroatoms. The highest BCUT2D eigenvalue weighted by atomic mass is 19.4. The smallest absolute Gasteiger partial charge is 0.475 e. The molecule has 2 aliphatic heterocycles. The van der Waals surface area contributed by atoms with Crippen molar-refractivity contribution in [1.82, 2.24) is 24.6 Å². The monoisotopic (exact) mass is 493 g/mol. The number of hydrogen-bond acceptors (Lipinski definition) is 5. The van der Waals surface area contributed by atoms with E-state index in [1.807, 2.05) is 36.4 Å². The van der Waals surface area contributed by atoms with E-state index in [0.717, 1.165) is 51.5 Å². The highest BCUT2D eigenvalue weighted by molar-refractivity contribution is 5.85. The van der Waals surface area contributed by atoms with Gasteiger partial charge in [0.2, 0.25) is 5.91 Å². The molecule has 0 unspecified atom stereocenters. The van der Waals surface area contributed by atoms with E-state index in [0.29, 0.717) is 5.91 Å². The Bertz CT molecular complexity index is 1040. The number of aromatic nitrogens is 3. The van der Waals surface area contributed by atoms with Crippen LogP contribution in [0.3, 0.4) is 0 Å². The lowest BCUT2D eigenvalue weighted by Gasteiger charge is -2.42. The molecule has 3 fully saturated rings. The second-order valence-electron chi connectivity index (χ2n) is 9.72. The number of aryl methyl sites for hydroxylation is 1. The van der Waals surface area contributed by atoms with Gasteiger partial charge >= 0.3 is 12.1 Å². The first kappa shape index (κ1) is 25.2. The van der Waals surface area contributed by atoms with Crippen LogP contribution in [0.5, 0.6) is 0 Å². The van der Waals surface area contributed by atoms with E-state index in [9.17, 15) is 18.0 Å². The minimum absolute atomic E-state index is 0.200. The molecule has 8 nitrogen and oxygen atoms in total. The second kappa shape index (κ2) is 9.96. The Balaban J connectivity index is 0.000000364. The van der Waals surface area contributed by atoms with Gasteiger partial charge in [0, 0.05) is 70.0 Å². The first-order valence-electron chi connectivity index (χ1n) is 11.8. The maximum absolute atomic E-state index is 13.8. The molecule has 3 aliphatic rings. The molecule has 35 heavy (non-hydrogen) atoms. The Kier molecular flexibility index (Phi) is 7.16. The van der Waals surface area contributed by atoms with Crippen LogP contribution >= 0.6 is 0 Å². The molecule has 2 saturated heterocycles. The van der Waals surface area contributed by atoms with Crippen LogP contribution in [0, 0.1) is 11.3 Å². The number of rotatable bonds is 5. The maximum atomic E-state index is 13.8. The number of carboxylic acid groups (broad SMARTS) is 1. The van der Waals surface area contributed by atoms with Crippen LogP contribution in [0.2, 0.25) is 0 Å². The fourth-order valence-electron chi connectivity index (χ4n) is 5.34. The molecule has 0 bridgehead atoms. The molecule has 1 aliphatic carbocycles. The van der Waals surface area contributed by atoms with Crippen molar-refractivity contribution in [2.75, 3.05) is 26.2 Å². The van der Waals surface area contributed by atoms with Crippen LogP contribution in [0.4, 0.5) is 13.2 Å². The van der Waals surface area contributed by atoms with Gasteiger partial charge in [0.25, 0.3) is 0 Å². The molecule has 2 aromatic heterocycles. The van der Waals surface area contributed by atoms with Crippen LogP contribution in [0.25, 0.3) is 0 Å². The summed E-state index contributed by atoms with van der Waals surface area (Å²) in [5.41, 5.74) is 2.08. The number of carboxylic acids is 1. The van der Waals surface area contributed by atoms with Crippen LogP contribution in [0.15, 0.2) is 36.8 Å². The van der Waals surface area contributed by atoms with Crippen molar-refractivity contribution >= 4 is 11.9 Å². The highest BCUT2D eigenvalue weighted by Crippen LogP contribution is 2.50. The van der Waals surface area contributed by atoms with E-state index in [2.05, 4.69) is 32.0 Å². The first-order valence-corrected chi connectivity index (χ1v) is 11.8. The Morgan fingerprint density at radius 2 is 2.00 bits per heavy atom. The van der Waals surface area contributed by atoms with E-state index in [1.165, 1.54) is 24.1 Å². The first-order chi connectivity index (χ1) is 16.6. The average Bonchev–Trinajstić information content (AvgIpc) is 3.42. The summed E-state index contributed by atoms with van der Waals surface area (Å²) in [6.07, 6.45) is 5.19. The molecule has 0 aromatic carbocycles.